The van der Waals surface area contributed by atoms with E-state index in [-0.39, 0.29) is 21.2 Å². The minimum Gasteiger partial charge on any atom is -0.478 e. The predicted octanol–water partition coefficient (Wildman–Crippen LogP) is 2.71. The first-order valence-electron chi connectivity index (χ1n) is 5.89. The Morgan fingerprint density at radius 2 is 1.82 bits per heavy atom. The molecule has 2 aromatic carbocycles. The van der Waals surface area contributed by atoms with E-state index >= 15 is 0 Å². The minimum absolute atomic E-state index is 0.0511. The van der Waals surface area contributed by atoms with Crippen molar-refractivity contribution in [3.8, 4) is 6.07 Å². The van der Waals surface area contributed by atoms with E-state index in [0.717, 1.165) is 6.07 Å². The lowest BCUT2D eigenvalue weighted by Crippen LogP contribution is -2.14. The number of nitrogens with zero attached hydrogens (tertiary/aromatic N) is 1. The molecule has 0 amide bonds. The summed E-state index contributed by atoms with van der Waals surface area (Å²) >= 11 is 5.71. The maximum absolute atomic E-state index is 12.2. The molecule has 0 heterocycles. The number of halogens is 1. The molecular weight excluding hydrogens is 328 g/mol. The molecule has 8 heteroatoms. The van der Waals surface area contributed by atoms with Crippen LogP contribution < -0.4 is 4.72 Å². The molecular formula is C14H9ClN2O4S. The first kappa shape index (κ1) is 15.8. The van der Waals surface area contributed by atoms with Gasteiger partial charge in [-0.15, -0.1) is 0 Å². The summed E-state index contributed by atoms with van der Waals surface area (Å²) in [4.78, 5) is 10.8. The van der Waals surface area contributed by atoms with Crippen LogP contribution in [-0.2, 0) is 10.0 Å². The highest BCUT2D eigenvalue weighted by molar-refractivity contribution is 7.92. The van der Waals surface area contributed by atoms with Crippen molar-refractivity contribution >= 4 is 33.3 Å². The van der Waals surface area contributed by atoms with E-state index in [1.165, 1.54) is 36.4 Å². The van der Waals surface area contributed by atoms with Crippen molar-refractivity contribution in [3.05, 3.63) is 58.6 Å². The van der Waals surface area contributed by atoms with Crippen LogP contribution in [0.4, 0.5) is 5.69 Å². The molecule has 112 valence electrons. The smallest absolute Gasteiger partial charge is 0.337 e. The van der Waals surface area contributed by atoms with Gasteiger partial charge in [0.05, 0.1) is 27.1 Å². The normalized spacial score (nSPS) is 10.7. The molecule has 2 N–H and O–H groups in total. The summed E-state index contributed by atoms with van der Waals surface area (Å²) in [7, 11) is -3.96. The van der Waals surface area contributed by atoms with Gasteiger partial charge in [-0.05, 0) is 42.5 Å². The second kappa shape index (κ2) is 6.05. The molecule has 0 saturated carbocycles. The summed E-state index contributed by atoms with van der Waals surface area (Å²) in [5.41, 5.74) is 0.345. The average Bonchev–Trinajstić information content (AvgIpc) is 2.47. The summed E-state index contributed by atoms with van der Waals surface area (Å²) in [6, 6.07) is 11.1. The van der Waals surface area contributed by atoms with E-state index in [0.29, 0.717) is 5.56 Å². The fraction of sp³-hybridized carbons (Fsp3) is 0. The zero-order valence-corrected chi connectivity index (χ0v) is 12.5. The molecule has 0 unspecified atom stereocenters. The second-order valence-corrected chi connectivity index (χ2v) is 6.33. The van der Waals surface area contributed by atoms with E-state index in [1.54, 1.807) is 0 Å². The monoisotopic (exact) mass is 336 g/mol. The van der Waals surface area contributed by atoms with Gasteiger partial charge in [-0.2, -0.15) is 5.26 Å². The van der Waals surface area contributed by atoms with Gasteiger partial charge < -0.3 is 5.11 Å². The Hall–Kier alpha value is -2.56. The molecule has 0 aliphatic carbocycles. The van der Waals surface area contributed by atoms with Crippen LogP contribution in [0.5, 0.6) is 0 Å². The molecule has 0 atom stereocenters. The van der Waals surface area contributed by atoms with Crippen LogP contribution in [0.15, 0.2) is 47.4 Å². The third-order valence-corrected chi connectivity index (χ3v) is 4.45. The van der Waals surface area contributed by atoms with E-state index in [1.807, 2.05) is 6.07 Å². The van der Waals surface area contributed by atoms with Gasteiger partial charge in [0, 0.05) is 5.69 Å². The van der Waals surface area contributed by atoms with Gasteiger partial charge in [0.2, 0.25) is 0 Å². The van der Waals surface area contributed by atoms with Gasteiger partial charge in [0.15, 0.2) is 0 Å². The molecule has 0 aromatic heterocycles. The van der Waals surface area contributed by atoms with Crippen molar-refractivity contribution in [1.82, 2.24) is 0 Å². The zero-order valence-electron chi connectivity index (χ0n) is 10.9. The van der Waals surface area contributed by atoms with Crippen LogP contribution in [0.2, 0.25) is 5.02 Å². The highest BCUT2D eigenvalue weighted by atomic mass is 35.5. The van der Waals surface area contributed by atoms with Crippen LogP contribution in [0.1, 0.15) is 15.9 Å². The lowest BCUT2D eigenvalue weighted by Gasteiger charge is -2.09. The number of carboxylic acids is 1. The number of sulfonamides is 1. The van der Waals surface area contributed by atoms with Crippen LogP contribution in [0.25, 0.3) is 0 Å². The highest BCUT2D eigenvalue weighted by Crippen LogP contribution is 2.22. The summed E-state index contributed by atoms with van der Waals surface area (Å²) in [5.74, 6) is -1.32. The van der Waals surface area contributed by atoms with Crippen molar-refractivity contribution in [1.29, 1.82) is 5.26 Å². The van der Waals surface area contributed by atoms with Crippen molar-refractivity contribution in [2.24, 2.45) is 0 Å². The van der Waals surface area contributed by atoms with Gasteiger partial charge >= 0.3 is 5.97 Å². The zero-order chi connectivity index (χ0) is 16.3. The molecule has 0 fully saturated rings. The average molecular weight is 337 g/mol. The van der Waals surface area contributed by atoms with E-state index in [2.05, 4.69) is 4.72 Å². The number of benzene rings is 2. The number of carbonyl (C=O) groups is 1. The number of nitriles is 1. The SMILES string of the molecule is N#Cc1ccc(NS(=O)(=O)c2ccc(Cl)c(C(=O)O)c2)cc1. The number of carboxylic acid groups (broad SMARTS) is 1. The van der Waals surface area contributed by atoms with Gasteiger partial charge in [-0.3, -0.25) is 4.72 Å². The molecule has 0 bridgehead atoms. The van der Waals surface area contributed by atoms with Crippen LogP contribution in [-0.4, -0.2) is 19.5 Å². The third kappa shape index (κ3) is 3.36. The van der Waals surface area contributed by atoms with Gasteiger partial charge in [-0.1, -0.05) is 11.6 Å². The maximum Gasteiger partial charge on any atom is 0.337 e. The van der Waals surface area contributed by atoms with Crippen LogP contribution in [0, 0.1) is 11.3 Å². The fourth-order valence-electron chi connectivity index (χ4n) is 1.66. The topological polar surface area (TPSA) is 107 Å². The van der Waals surface area contributed by atoms with Crippen molar-refractivity contribution < 1.29 is 18.3 Å². The van der Waals surface area contributed by atoms with Crippen molar-refractivity contribution in [2.45, 2.75) is 4.90 Å². The lowest BCUT2D eigenvalue weighted by atomic mass is 10.2. The molecule has 0 saturated heterocycles. The fourth-order valence-corrected chi connectivity index (χ4v) is 2.95. The molecule has 0 spiro atoms. The Bertz CT molecular complexity index is 871. The van der Waals surface area contributed by atoms with Gasteiger partial charge in [0.25, 0.3) is 10.0 Å². The Labute approximate surface area is 131 Å². The van der Waals surface area contributed by atoms with Crippen molar-refractivity contribution in [3.63, 3.8) is 0 Å². The van der Waals surface area contributed by atoms with E-state index in [4.69, 9.17) is 22.0 Å². The Morgan fingerprint density at radius 3 is 2.36 bits per heavy atom. The lowest BCUT2D eigenvalue weighted by molar-refractivity contribution is 0.0697. The summed E-state index contributed by atoms with van der Waals surface area (Å²) in [5, 5.41) is 17.6. The largest absolute Gasteiger partial charge is 0.478 e. The molecule has 0 aliphatic heterocycles. The van der Waals surface area contributed by atoms with E-state index < -0.39 is 16.0 Å². The van der Waals surface area contributed by atoms with Crippen LogP contribution in [0.3, 0.4) is 0 Å². The molecule has 0 radical (unpaired) electrons. The minimum atomic E-state index is -3.96. The molecule has 0 aliphatic rings. The summed E-state index contributed by atoms with van der Waals surface area (Å²) in [6.07, 6.45) is 0. The number of hydrogen-bond donors (Lipinski definition) is 2. The van der Waals surface area contributed by atoms with Gasteiger partial charge in [0.1, 0.15) is 0 Å². The molecule has 2 rings (SSSR count). The maximum atomic E-state index is 12.2. The second-order valence-electron chi connectivity index (χ2n) is 4.24. The number of hydrogen-bond acceptors (Lipinski definition) is 4. The predicted molar refractivity (Wildman–Crippen MR) is 80.4 cm³/mol. The number of nitrogens with one attached hydrogen (secondary N) is 1. The quantitative estimate of drug-likeness (QED) is 0.892. The number of rotatable bonds is 4. The summed E-state index contributed by atoms with van der Waals surface area (Å²) < 4.78 is 26.8. The van der Waals surface area contributed by atoms with Gasteiger partial charge in [-0.25, -0.2) is 13.2 Å². The van der Waals surface area contributed by atoms with Crippen LogP contribution >= 0.6 is 11.6 Å². The first-order valence-corrected chi connectivity index (χ1v) is 7.75. The number of anilines is 1. The Kier molecular flexibility index (Phi) is 4.35. The summed E-state index contributed by atoms with van der Waals surface area (Å²) in [6.45, 7) is 0. The van der Waals surface area contributed by atoms with Crippen molar-refractivity contribution in [2.75, 3.05) is 4.72 Å². The first-order chi connectivity index (χ1) is 10.3. The molecule has 2 aromatic rings. The standard InChI is InChI=1S/C14H9ClN2O4S/c15-13-6-5-11(7-12(13)14(18)19)22(20,21)17-10-3-1-9(8-16)2-4-10/h1-7,17H,(H,18,19). The Balaban J connectivity index is 2.36. The number of aromatic carboxylic acids is 1. The highest BCUT2D eigenvalue weighted by Gasteiger charge is 2.18. The van der Waals surface area contributed by atoms with E-state index in [9.17, 15) is 13.2 Å². The molecule has 6 nitrogen and oxygen atoms in total. The third-order valence-electron chi connectivity index (χ3n) is 2.74. The molecule has 22 heavy (non-hydrogen) atoms. The Morgan fingerprint density at radius 1 is 1.18 bits per heavy atom.